The first-order chi connectivity index (χ1) is 10.6. The Labute approximate surface area is 142 Å². The van der Waals surface area contributed by atoms with Crippen molar-refractivity contribution in [1.29, 1.82) is 0 Å². The fourth-order valence-electron chi connectivity index (χ4n) is 1.92. The zero-order valence-corrected chi connectivity index (χ0v) is 14.6. The van der Waals surface area contributed by atoms with Gasteiger partial charge < -0.3 is 4.74 Å². The van der Waals surface area contributed by atoms with E-state index in [1.807, 2.05) is 30.3 Å². The molecule has 0 N–H and O–H groups in total. The molecule has 22 heavy (non-hydrogen) atoms. The molecule has 0 bridgehead atoms. The van der Waals surface area contributed by atoms with Gasteiger partial charge in [0.05, 0.1) is 5.02 Å². The summed E-state index contributed by atoms with van der Waals surface area (Å²) in [6, 6.07) is 14.3. The van der Waals surface area contributed by atoms with Gasteiger partial charge in [0.25, 0.3) is 0 Å². The highest BCUT2D eigenvalue weighted by atomic mass is 35.5. The summed E-state index contributed by atoms with van der Waals surface area (Å²) in [5.41, 5.74) is 3.53. The van der Waals surface area contributed by atoms with Gasteiger partial charge in [-0.15, -0.1) is 11.8 Å². The van der Waals surface area contributed by atoms with Crippen molar-refractivity contribution >= 4 is 23.4 Å². The molecule has 0 saturated heterocycles. The quantitative estimate of drug-likeness (QED) is 0.458. The molecule has 0 saturated carbocycles. The number of aryl methyl sites for hydroxylation is 2. The molecule has 0 aliphatic heterocycles. The highest BCUT2D eigenvalue weighted by Crippen LogP contribution is 2.29. The molecule has 2 rings (SSSR count). The fraction of sp³-hybridized carbons (Fsp3) is 0.263. The molecule has 0 unspecified atom stereocenters. The van der Waals surface area contributed by atoms with Gasteiger partial charge in [-0.1, -0.05) is 48.9 Å². The van der Waals surface area contributed by atoms with E-state index < -0.39 is 0 Å². The Kier molecular flexibility index (Phi) is 6.41. The third-order valence-corrected chi connectivity index (χ3v) is 4.94. The number of benzene rings is 2. The highest BCUT2D eigenvalue weighted by molar-refractivity contribution is 7.99. The van der Waals surface area contributed by atoms with E-state index in [9.17, 15) is 0 Å². The van der Waals surface area contributed by atoms with Gasteiger partial charge >= 0.3 is 0 Å². The molecule has 0 fully saturated rings. The molecule has 0 aliphatic carbocycles. The van der Waals surface area contributed by atoms with Gasteiger partial charge in [-0.05, 0) is 48.7 Å². The highest BCUT2D eigenvalue weighted by Gasteiger charge is 2.04. The predicted molar refractivity (Wildman–Crippen MR) is 97.4 cm³/mol. The van der Waals surface area contributed by atoms with E-state index in [0.717, 1.165) is 33.4 Å². The number of halogens is 1. The maximum Gasteiger partial charge on any atom is 0.119 e. The van der Waals surface area contributed by atoms with Crippen LogP contribution in [0.5, 0.6) is 5.75 Å². The summed E-state index contributed by atoms with van der Waals surface area (Å²) in [5, 5.41) is 0.816. The molecule has 0 heterocycles. The Morgan fingerprint density at radius 1 is 1.18 bits per heavy atom. The Balaban J connectivity index is 1.81. The van der Waals surface area contributed by atoms with Crippen molar-refractivity contribution < 1.29 is 4.74 Å². The number of hydrogen-bond donors (Lipinski definition) is 0. The lowest BCUT2D eigenvalue weighted by Crippen LogP contribution is -2.02. The van der Waals surface area contributed by atoms with Crippen molar-refractivity contribution in [3.8, 4) is 5.75 Å². The van der Waals surface area contributed by atoms with Gasteiger partial charge in [-0.25, -0.2) is 0 Å². The van der Waals surface area contributed by atoms with Crippen LogP contribution >= 0.6 is 23.4 Å². The summed E-state index contributed by atoms with van der Waals surface area (Å²) in [5.74, 6) is 1.68. The maximum atomic E-state index is 6.30. The average Bonchev–Trinajstić information content (AvgIpc) is 2.53. The van der Waals surface area contributed by atoms with Gasteiger partial charge in [-0.2, -0.15) is 0 Å². The largest absolute Gasteiger partial charge is 0.489 e. The van der Waals surface area contributed by atoms with Crippen molar-refractivity contribution in [1.82, 2.24) is 0 Å². The Morgan fingerprint density at radius 2 is 1.91 bits per heavy atom. The summed E-state index contributed by atoms with van der Waals surface area (Å²) in [4.78, 5) is 1.09. The number of ether oxygens (including phenoxy) is 1. The van der Waals surface area contributed by atoms with Gasteiger partial charge in [0.1, 0.15) is 12.4 Å². The molecule has 0 radical (unpaired) electrons. The van der Waals surface area contributed by atoms with Crippen LogP contribution in [0.15, 0.2) is 59.5 Å². The number of hydrogen-bond acceptors (Lipinski definition) is 2. The summed E-state index contributed by atoms with van der Waals surface area (Å²) >= 11 is 8.00. The Morgan fingerprint density at radius 3 is 2.55 bits per heavy atom. The third-order valence-electron chi connectivity index (χ3n) is 3.30. The summed E-state index contributed by atoms with van der Waals surface area (Å²) in [6.45, 7) is 8.80. The van der Waals surface area contributed by atoms with E-state index in [2.05, 4.69) is 32.6 Å². The third kappa shape index (κ3) is 5.11. The van der Waals surface area contributed by atoms with Gasteiger partial charge in [-0.3, -0.25) is 0 Å². The molecule has 116 valence electrons. The minimum absolute atomic E-state index is 0.528. The van der Waals surface area contributed by atoms with E-state index in [4.69, 9.17) is 16.3 Å². The molecule has 0 aliphatic rings. The molecule has 2 aromatic carbocycles. The normalized spacial score (nSPS) is 10.5. The van der Waals surface area contributed by atoms with Crippen LogP contribution in [0.1, 0.15) is 18.1 Å². The summed E-state index contributed by atoms with van der Waals surface area (Å²) < 4.78 is 5.73. The smallest absolute Gasteiger partial charge is 0.119 e. The first kappa shape index (κ1) is 17.0. The second-order valence-corrected chi connectivity index (χ2v) is 6.68. The topological polar surface area (TPSA) is 9.23 Å². The van der Waals surface area contributed by atoms with Crippen LogP contribution in [0, 0.1) is 6.92 Å². The van der Waals surface area contributed by atoms with Crippen LogP contribution in [0.2, 0.25) is 5.02 Å². The molecule has 2 aromatic rings. The molecule has 1 nitrogen and oxygen atoms in total. The second kappa shape index (κ2) is 8.30. The SMILES string of the molecule is C=C(COc1ccc(C)cc1)CSc1ccc(CC)cc1Cl. The van der Waals surface area contributed by atoms with Crippen molar-refractivity contribution in [2.75, 3.05) is 12.4 Å². The van der Waals surface area contributed by atoms with Crippen LogP contribution in [0.3, 0.4) is 0 Å². The Hall–Kier alpha value is -1.38. The standard InChI is InChI=1S/C19H21ClOS/c1-4-16-7-10-19(18(20)11-16)22-13-15(3)12-21-17-8-5-14(2)6-9-17/h5-11H,3-4,12-13H2,1-2H3. The molecule has 0 amide bonds. The van der Waals surface area contributed by atoms with Gasteiger partial charge in [0, 0.05) is 10.6 Å². The minimum atomic E-state index is 0.528. The molecule has 3 heteroatoms. The molecule has 0 atom stereocenters. The van der Waals surface area contributed by atoms with E-state index in [1.165, 1.54) is 11.1 Å². The summed E-state index contributed by atoms with van der Waals surface area (Å²) in [7, 11) is 0. The zero-order valence-electron chi connectivity index (χ0n) is 13.1. The van der Waals surface area contributed by atoms with Crippen LogP contribution < -0.4 is 4.74 Å². The van der Waals surface area contributed by atoms with E-state index >= 15 is 0 Å². The van der Waals surface area contributed by atoms with Crippen LogP contribution in [-0.2, 0) is 6.42 Å². The monoisotopic (exact) mass is 332 g/mol. The predicted octanol–water partition coefficient (Wildman–Crippen LogP) is 5.94. The molecular formula is C19H21ClOS. The van der Waals surface area contributed by atoms with E-state index in [0.29, 0.717) is 6.61 Å². The molecule has 0 aromatic heterocycles. The van der Waals surface area contributed by atoms with E-state index in [1.54, 1.807) is 11.8 Å². The van der Waals surface area contributed by atoms with E-state index in [-0.39, 0.29) is 0 Å². The number of rotatable bonds is 7. The summed E-state index contributed by atoms with van der Waals surface area (Å²) in [6.07, 6.45) is 1.00. The van der Waals surface area contributed by atoms with Crippen LogP contribution in [-0.4, -0.2) is 12.4 Å². The van der Waals surface area contributed by atoms with Crippen molar-refractivity contribution in [3.05, 3.63) is 70.8 Å². The zero-order chi connectivity index (χ0) is 15.9. The van der Waals surface area contributed by atoms with Crippen molar-refractivity contribution in [3.63, 3.8) is 0 Å². The lowest BCUT2D eigenvalue weighted by Gasteiger charge is -2.10. The van der Waals surface area contributed by atoms with Crippen molar-refractivity contribution in [2.24, 2.45) is 0 Å². The average molecular weight is 333 g/mol. The molecule has 0 spiro atoms. The maximum absolute atomic E-state index is 6.30. The number of thioether (sulfide) groups is 1. The second-order valence-electron chi connectivity index (χ2n) is 5.26. The van der Waals surface area contributed by atoms with Crippen LogP contribution in [0.4, 0.5) is 0 Å². The van der Waals surface area contributed by atoms with Crippen LogP contribution in [0.25, 0.3) is 0 Å². The van der Waals surface area contributed by atoms with Crippen molar-refractivity contribution in [2.45, 2.75) is 25.2 Å². The first-order valence-electron chi connectivity index (χ1n) is 7.36. The molecular weight excluding hydrogens is 312 g/mol. The first-order valence-corrected chi connectivity index (χ1v) is 8.72. The minimum Gasteiger partial charge on any atom is -0.489 e. The Bertz CT molecular complexity index is 634. The fourth-order valence-corrected chi connectivity index (χ4v) is 3.09. The lowest BCUT2D eigenvalue weighted by molar-refractivity contribution is 0.353. The van der Waals surface area contributed by atoms with Gasteiger partial charge in [0.2, 0.25) is 0 Å². The van der Waals surface area contributed by atoms with Gasteiger partial charge in [0.15, 0.2) is 0 Å². The lowest BCUT2D eigenvalue weighted by atomic mass is 10.2.